The molecule has 0 bridgehead atoms. The van der Waals surface area contributed by atoms with Gasteiger partial charge in [0.05, 0.1) is 24.4 Å². The molecule has 2 N–H and O–H groups in total. The van der Waals surface area contributed by atoms with E-state index in [1.54, 1.807) is 26.0 Å². The zero-order valence-corrected chi connectivity index (χ0v) is 13.4. The van der Waals surface area contributed by atoms with Crippen molar-refractivity contribution >= 4 is 29.6 Å². The Morgan fingerprint density at radius 3 is 2.54 bits per heavy atom. The summed E-state index contributed by atoms with van der Waals surface area (Å²) in [5.74, 6) is -2.09. The minimum absolute atomic E-state index is 0.0591. The molecule has 127 valence electrons. The summed E-state index contributed by atoms with van der Waals surface area (Å²) in [5, 5.41) is 4.65. The Bertz CT molecular complexity index is 640. The average Bonchev–Trinajstić information content (AvgIpc) is 2.60. The van der Waals surface area contributed by atoms with Gasteiger partial charge in [0.15, 0.2) is 0 Å². The molecule has 0 aromatic carbocycles. The molecule has 8 heteroatoms. The molecule has 1 aromatic heterocycles. The number of amides is 2. The van der Waals surface area contributed by atoms with Crippen LogP contribution in [0.25, 0.3) is 5.57 Å². The maximum absolute atomic E-state index is 12.4. The van der Waals surface area contributed by atoms with E-state index in [2.05, 4.69) is 15.6 Å². The molecular formula is C16H18N3O5. The molecule has 1 rings (SSSR count). The van der Waals surface area contributed by atoms with E-state index in [0.29, 0.717) is 0 Å². The highest BCUT2D eigenvalue weighted by atomic mass is 16.5. The topological polar surface area (TPSA) is 114 Å². The molecule has 0 aliphatic carbocycles. The van der Waals surface area contributed by atoms with Gasteiger partial charge in [-0.05, 0) is 19.1 Å². The normalized spacial score (nSPS) is 11.1. The van der Waals surface area contributed by atoms with Crippen molar-refractivity contribution < 1.29 is 23.9 Å². The molecule has 8 nitrogen and oxygen atoms in total. The largest absolute Gasteiger partial charge is 0.461 e. The molecule has 0 unspecified atom stereocenters. The predicted molar refractivity (Wildman–Crippen MR) is 84.9 cm³/mol. The van der Waals surface area contributed by atoms with E-state index in [1.165, 1.54) is 18.5 Å². The first-order valence-electron chi connectivity index (χ1n) is 7.30. The summed E-state index contributed by atoms with van der Waals surface area (Å²) >= 11 is 0. The van der Waals surface area contributed by atoms with Crippen LogP contribution in [0.5, 0.6) is 0 Å². The van der Waals surface area contributed by atoms with Crippen LogP contribution in [0, 0.1) is 0 Å². The first-order chi connectivity index (χ1) is 11.5. The molecule has 0 saturated carbocycles. The molecule has 0 fully saturated rings. The van der Waals surface area contributed by atoms with Crippen LogP contribution >= 0.6 is 0 Å². The number of nitrogens with zero attached hydrogens (tertiary/aromatic N) is 1. The minimum atomic E-state index is -0.870. The van der Waals surface area contributed by atoms with Crippen molar-refractivity contribution in [1.29, 1.82) is 0 Å². The van der Waals surface area contributed by atoms with Crippen LogP contribution in [0.15, 0.2) is 30.1 Å². The number of carbonyl (C=O) groups is 3. The molecule has 1 aromatic rings. The van der Waals surface area contributed by atoms with Gasteiger partial charge in [0.2, 0.25) is 12.2 Å². The van der Waals surface area contributed by atoms with Gasteiger partial charge >= 0.3 is 5.97 Å². The van der Waals surface area contributed by atoms with E-state index >= 15 is 0 Å². The Hall–Kier alpha value is -3.03. The summed E-state index contributed by atoms with van der Waals surface area (Å²) in [6, 6.07) is 4.75. The average molecular weight is 332 g/mol. The number of aromatic nitrogens is 1. The number of hydrogen-bond acceptors (Lipinski definition) is 6. The highest BCUT2D eigenvalue weighted by Crippen LogP contribution is 2.17. The van der Waals surface area contributed by atoms with Gasteiger partial charge in [-0.25, -0.2) is 4.79 Å². The Kier molecular flexibility index (Phi) is 7.83. The van der Waals surface area contributed by atoms with Crippen LogP contribution in [-0.4, -0.2) is 42.2 Å². The van der Waals surface area contributed by atoms with Crippen molar-refractivity contribution in [3.63, 3.8) is 0 Å². The highest BCUT2D eigenvalue weighted by molar-refractivity contribution is 6.25. The van der Waals surface area contributed by atoms with E-state index in [0.717, 1.165) is 0 Å². The molecular weight excluding hydrogens is 314 g/mol. The highest BCUT2D eigenvalue weighted by Gasteiger charge is 2.26. The second-order valence-corrected chi connectivity index (χ2v) is 4.41. The first kappa shape index (κ1) is 19.0. The maximum atomic E-state index is 12.4. The van der Waals surface area contributed by atoms with Gasteiger partial charge in [-0.2, -0.15) is 0 Å². The second-order valence-electron chi connectivity index (χ2n) is 4.41. The lowest BCUT2D eigenvalue weighted by molar-refractivity contribution is -0.140. The van der Waals surface area contributed by atoms with Crippen molar-refractivity contribution in [3.8, 4) is 0 Å². The zero-order chi connectivity index (χ0) is 17.9. The first-order valence-corrected chi connectivity index (χ1v) is 7.30. The maximum Gasteiger partial charge on any atom is 0.355 e. The fraction of sp³-hybridized carbons (Fsp3) is 0.312. The molecule has 2 amide bonds. The van der Waals surface area contributed by atoms with Crippen LogP contribution < -0.4 is 10.6 Å². The van der Waals surface area contributed by atoms with Crippen molar-refractivity contribution in [2.24, 2.45) is 0 Å². The Morgan fingerprint density at radius 1 is 1.25 bits per heavy atom. The van der Waals surface area contributed by atoms with E-state index in [9.17, 15) is 19.2 Å². The van der Waals surface area contributed by atoms with Crippen LogP contribution in [0.1, 0.15) is 26.0 Å². The number of pyridine rings is 1. The summed E-state index contributed by atoms with van der Waals surface area (Å²) in [4.78, 5) is 50.7. The van der Waals surface area contributed by atoms with Crippen LogP contribution in [0.2, 0.25) is 0 Å². The van der Waals surface area contributed by atoms with E-state index in [4.69, 9.17) is 4.74 Å². The lowest BCUT2D eigenvalue weighted by atomic mass is 10.1. The SMILES string of the molecule is CCOC(=O)/C(NC(=O)CC)=C(\C(=O)NC[C]=O)c1ccccn1. The van der Waals surface area contributed by atoms with E-state index in [-0.39, 0.29) is 36.5 Å². The fourth-order valence-corrected chi connectivity index (χ4v) is 1.72. The van der Waals surface area contributed by atoms with Crippen LogP contribution in [0.3, 0.4) is 0 Å². The molecule has 24 heavy (non-hydrogen) atoms. The standard InChI is InChI=1S/C16H18N3O5/c1-3-12(21)19-14(16(23)24-4-2)13(15(22)18-9-10-20)11-7-5-6-8-17-11/h5-8H,3-4,9H2,1-2H3,(H,18,22)(H,19,21)/b14-13+. The number of hydrogen-bond donors (Lipinski definition) is 2. The Morgan fingerprint density at radius 2 is 2.00 bits per heavy atom. The molecule has 0 saturated heterocycles. The van der Waals surface area contributed by atoms with Crippen LogP contribution in [0.4, 0.5) is 0 Å². The number of rotatable bonds is 8. The van der Waals surface area contributed by atoms with Gasteiger partial charge in [0.1, 0.15) is 5.70 Å². The number of carbonyl (C=O) groups excluding carboxylic acids is 4. The summed E-state index contributed by atoms with van der Waals surface area (Å²) in [7, 11) is 0. The molecule has 1 heterocycles. The molecule has 0 aliphatic rings. The van der Waals surface area contributed by atoms with Gasteiger partial charge in [-0.3, -0.25) is 19.4 Å². The Labute approximate surface area is 139 Å². The molecule has 0 atom stereocenters. The van der Waals surface area contributed by atoms with Crippen molar-refractivity contribution in [3.05, 3.63) is 35.8 Å². The van der Waals surface area contributed by atoms with Crippen molar-refractivity contribution in [2.75, 3.05) is 13.2 Å². The third kappa shape index (κ3) is 5.31. The summed E-state index contributed by atoms with van der Waals surface area (Å²) in [5.41, 5.74) is -0.364. The lowest BCUT2D eigenvalue weighted by Gasteiger charge is -2.14. The van der Waals surface area contributed by atoms with Gasteiger partial charge in [-0.1, -0.05) is 13.0 Å². The lowest BCUT2D eigenvalue weighted by Crippen LogP contribution is -2.34. The molecule has 0 aliphatic heterocycles. The monoisotopic (exact) mass is 332 g/mol. The van der Waals surface area contributed by atoms with Crippen molar-refractivity contribution in [1.82, 2.24) is 15.6 Å². The molecule has 0 spiro atoms. The second kappa shape index (κ2) is 9.88. The smallest absolute Gasteiger partial charge is 0.355 e. The third-order valence-electron chi connectivity index (χ3n) is 2.78. The van der Waals surface area contributed by atoms with E-state index in [1.807, 2.05) is 0 Å². The summed E-state index contributed by atoms with van der Waals surface area (Å²) < 4.78 is 4.91. The van der Waals surface area contributed by atoms with Crippen LogP contribution in [-0.2, 0) is 23.9 Å². The number of esters is 1. The summed E-state index contributed by atoms with van der Waals surface area (Å²) in [6.45, 7) is 2.88. The Balaban J connectivity index is 3.46. The quantitative estimate of drug-likeness (QED) is 0.516. The minimum Gasteiger partial charge on any atom is -0.461 e. The zero-order valence-electron chi connectivity index (χ0n) is 13.4. The fourth-order valence-electron chi connectivity index (χ4n) is 1.72. The third-order valence-corrected chi connectivity index (χ3v) is 2.78. The molecule has 1 radical (unpaired) electrons. The van der Waals surface area contributed by atoms with Gasteiger partial charge in [-0.15, -0.1) is 0 Å². The van der Waals surface area contributed by atoms with E-state index < -0.39 is 17.8 Å². The van der Waals surface area contributed by atoms with Crippen molar-refractivity contribution in [2.45, 2.75) is 20.3 Å². The summed E-state index contributed by atoms with van der Waals surface area (Å²) in [6.07, 6.45) is 3.05. The predicted octanol–water partition coefficient (Wildman–Crippen LogP) is 0.108. The van der Waals surface area contributed by atoms with Gasteiger partial charge < -0.3 is 15.4 Å². The van der Waals surface area contributed by atoms with Gasteiger partial charge in [0, 0.05) is 12.6 Å². The number of nitrogens with one attached hydrogen (secondary N) is 2. The number of ether oxygens (including phenoxy) is 1. The van der Waals surface area contributed by atoms with Gasteiger partial charge in [0.25, 0.3) is 5.91 Å².